The zero-order chi connectivity index (χ0) is 13.5. The van der Waals surface area contributed by atoms with E-state index >= 15 is 0 Å². The first-order chi connectivity index (χ1) is 6.00. The van der Waals surface area contributed by atoms with Gasteiger partial charge < -0.3 is 0 Å². The summed E-state index contributed by atoms with van der Waals surface area (Å²) >= 11 is -18.1. The van der Waals surface area contributed by atoms with Crippen molar-refractivity contribution in [3.05, 3.63) is 0 Å². The first-order valence-corrected chi connectivity index (χ1v) is 13.4. The molecular formula is Dy2O12Te3. The number of hydrogen-bond donors (Lipinski definition) is 0. The molecule has 0 saturated carbocycles. The molecule has 0 heterocycles. The second-order valence-electron chi connectivity index (χ2n) is 1.22. The molecule has 12 nitrogen and oxygen atoms in total. The van der Waals surface area contributed by atoms with E-state index in [2.05, 4.69) is 0 Å². The largest absolute Gasteiger partial charge is 3.00 e. The van der Waals surface area contributed by atoms with Gasteiger partial charge in [-0.1, -0.05) is 0 Å². The molecule has 0 aromatic carbocycles. The quantitative estimate of drug-likeness (QED) is 0.206. The van der Waals surface area contributed by atoms with Gasteiger partial charge in [-0.25, -0.2) is 0 Å². The predicted octanol–water partition coefficient (Wildman–Crippen LogP) is -8.99. The van der Waals surface area contributed by atoms with Gasteiger partial charge in [0.1, 0.15) is 0 Å². The molecule has 0 fully saturated rings. The number of hydrogen-bond acceptors (Lipinski definition) is 12. The van der Waals surface area contributed by atoms with E-state index in [-0.39, 0.29) is 76.3 Å². The SMILES string of the molecule is O=[Te](=O)([O-])[O-].O=[Te](=O)([O-])[O-].O=[Te](=O)([O-])[O-].[Dy+3].[Dy+3]. The Bertz CT molecular complexity index is 341. The minimum atomic E-state index is -6.02. The summed E-state index contributed by atoms with van der Waals surface area (Å²) in [7, 11) is 0. The molecule has 110 valence electrons. The van der Waals surface area contributed by atoms with E-state index in [0.29, 0.717) is 0 Å². The standard InChI is InChI=1S/2Dy.3H2O4Te/c;;3*1-5(2,3)4/h;;3*(H2,1,2,3,4)/q2*+3;;;/p-6. The van der Waals surface area contributed by atoms with Crippen LogP contribution in [0.4, 0.5) is 0 Å². The van der Waals surface area contributed by atoms with Crippen molar-refractivity contribution in [2.24, 2.45) is 0 Å². The molecule has 0 atom stereocenters. The van der Waals surface area contributed by atoms with E-state index in [1.807, 2.05) is 0 Å². The van der Waals surface area contributed by atoms with Gasteiger partial charge in [0, 0.05) is 0 Å². The van der Waals surface area contributed by atoms with Crippen molar-refractivity contribution in [1.82, 2.24) is 0 Å². The van der Waals surface area contributed by atoms with Gasteiger partial charge >= 0.3 is 173 Å². The van der Waals surface area contributed by atoms with E-state index in [1.165, 1.54) is 0 Å². The minimum absolute atomic E-state index is 0. The monoisotopic (exact) mass is 910 g/mol. The van der Waals surface area contributed by atoms with Crippen LogP contribution >= 0.6 is 0 Å². The molecule has 0 amide bonds. The van der Waals surface area contributed by atoms with Gasteiger partial charge in [0.2, 0.25) is 0 Å². The maximum atomic E-state index is 8.63. The van der Waals surface area contributed by atoms with Gasteiger partial charge in [-0.3, -0.25) is 0 Å². The Morgan fingerprint density at radius 3 is 0.412 bits per heavy atom. The van der Waals surface area contributed by atoms with Crippen LogP contribution in [-0.4, -0.2) is 56.9 Å². The third kappa shape index (κ3) is 493. The molecule has 0 aromatic rings. The topological polar surface area (TPSA) is 241 Å². The van der Waals surface area contributed by atoms with Crippen LogP contribution in [-0.2, 0) is 18.6 Å². The molecule has 0 saturated heterocycles. The zero-order valence-electron chi connectivity index (χ0n) is 6.76. The van der Waals surface area contributed by atoms with Crippen LogP contribution in [0.25, 0.3) is 0 Å². The van der Waals surface area contributed by atoms with Crippen molar-refractivity contribution in [2.75, 3.05) is 0 Å². The van der Waals surface area contributed by atoms with Gasteiger partial charge in [0.05, 0.1) is 0 Å². The number of rotatable bonds is 0. The van der Waals surface area contributed by atoms with E-state index in [4.69, 9.17) is 39.5 Å². The second-order valence-corrected chi connectivity index (χ2v) is 8.22. The van der Waals surface area contributed by atoms with Gasteiger partial charge in [-0.05, 0) is 0 Å². The van der Waals surface area contributed by atoms with Crippen LogP contribution in [0.15, 0.2) is 0 Å². The summed E-state index contributed by atoms with van der Waals surface area (Å²) in [5.41, 5.74) is 0. The smallest absolute Gasteiger partial charge is 3.00 e. The van der Waals surface area contributed by atoms with Crippen LogP contribution in [0, 0.1) is 76.3 Å². The van der Waals surface area contributed by atoms with Crippen molar-refractivity contribution < 1.29 is 116 Å². The van der Waals surface area contributed by atoms with Gasteiger partial charge in [-0.15, -0.1) is 0 Å². The van der Waals surface area contributed by atoms with E-state index in [9.17, 15) is 0 Å². The van der Waals surface area contributed by atoms with E-state index < -0.39 is 56.9 Å². The van der Waals surface area contributed by atoms with Crippen molar-refractivity contribution in [1.29, 1.82) is 0 Å². The second kappa shape index (κ2) is 14.4. The maximum Gasteiger partial charge on any atom is 3.00 e. The molecular weight excluding hydrogens is 900 g/mol. The molecule has 0 rings (SSSR count). The van der Waals surface area contributed by atoms with Crippen molar-refractivity contribution in [3.8, 4) is 0 Å². The average Bonchev–Trinajstić information content (AvgIpc) is 1.41. The summed E-state index contributed by atoms with van der Waals surface area (Å²) in [4.78, 5) is 0. The van der Waals surface area contributed by atoms with Gasteiger partial charge in [-0.2, -0.15) is 0 Å². The third-order valence-corrected chi connectivity index (χ3v) is 0. The van der Waals surface area contributed by atoms with Crippen LogP contribution in [0.1, 0.15) is 0 Å². The Balaban J connectivity index is -0.0000000400. The fraction of sp³-hybridized carbons (Fsp3) is 0. The normalized spacial score (nSPS) is 10.2. The van der Waals surface area contributed by atoms with Crippen molar-refractivity contribution >= 4 is 56.9 Å². The Kier molecular flexibility index (Phi) is 27.5. The first-order valence-electron chi connectivity index (χ1n) is 2.00. The summed E-state index contributed by atoms with van der Waals surface area (Å²) < 4.78 is 104. The molecule has 0 aliphatic rings. The summed E-state index contributed by atoms with van der Waals surface area (Å²) in [6.45, 7) is 0. The van der Waals surface area contributed by atoms with Crippen LogP contribution in [0.2, 0.25) is 0 Å². The molecule has 0 aliphatic heterocycles. The fourth-order valence-electron chi connectivity index (χ4n) is 0. The summed E-state index contributed by atoms with van der Waals surface area (Å²) in [5, 5.41) is 0. The first kappa shape index (κ1) is 32.4. The Morgan fingerprint density at radius 1 is 0.412 bits per heavy atom. The predicted molar refractivity (Wildman–Crippen MR) is 21.4 cm³/mol. The Labute approximate surface area is 168 Å². The fourth-order valence-corrected chi connectivity index (χ4v) is 0. The molecule has 0 N–H and O–H groups in total. The summed E-state index contributed by atoms with van der Waals surface area (Å²) in [6, 6.07) is 0. The molecule has 17 heteroatoms. The molecule has 0 spiro atoms. The van der Waals surface area contributed by atoms with Crippen molar-refractivity contribution in [3.63, 3.8) is 0 Å². The summed E-state index contributed by atoms with van der Waals surface area (Å²) in [6.07, 6.45) is 0. The molecule has 0 bridgehead atoms. The van der Waals surface area contributed by atoms with Crippen LogP contribution in [0.5, 0.6) is 0 Å². The molecule has 2 radical (unpaired) electrons. The Morgan fingerprint density at radius 2 is 0.412 bits per heavy atom. The third-order valence-electron chi connectivity index (χ3n) is 0. The van der Waals surface area contributed by atoms with E-state index in [1.54, 1.807) is 0 Å². The van der Waals surface area contributed by atoms with E-state index in [0.717, 1.165) is 0 Å². The van der Waals surface area contributed by atoms with Crippen LogP contribution < -0.4 is 20.8 Å². The molecule has 0 unspecified atom stereocenters. The van der Waals surface area contributed by atoms with Gasteiger partial charge in [0.15, 0.2) is 0 Å². The minimum Gasteiger partial charge on any atom is 3.00 e. The molecule has 17 heavy (non-hydrogen) atoms. The Hall–Kier alpha value is 3.47. The zero-order valence-corrected chi connectivity index (χ0v) is 17.8. The average molecular weight is 900 g/mol. The van der Waals surface area contributed by atoms with Gasteiger partial charge in [0.25, 0.3) is 0 Å². The molecule has 0 aliphatic carbocycles. The summed E-state index contributed by atoms with van der Waals surface area (Å²) in [5.74, 6) is 0. The van der Waals surface area contributed by atoms with Crippen molar-refractivity contribution in [2.45, 2.75) is 0 Å². The van der Waals surface area contributed by atoms with Crippen LogP contribution in [0.3, 0.4) is 0 Å². The maximum absolute atomic E-state index is 8.63. The molecule has 0 aromatic heterocycles.